The minimum Gasteiger partial charge on any atom is -0.461 e. The Morgan fingerprint density at radius 2 is 1.36 bits per heavy atom. The summed E-state index contributed by atoms with van der Waals surface area (Å²) in [5, 5.41) is 3.53. The zero-order chi connectivity index (χ0) is 25.5. The molecule has 0 radical (unpaired) electrons. The van der Waals surface area contributed by atoms with E-state index in [1.54, 1.807) is 0 Å². The first kappa shape index (κ1) is 20.9. The van der Waals surface area contributed by atoms with Gasteiger partial charge in [0.2, 0.25) is 0 Å². The number of nitrogens with zero attached hydrogens (tertiary/aromatic N) is 3. The number of rotatable bonds is 2. The number of aromatic nitrogens is 3. The molecule has 0 saturated carbocycles. The molecule has 1 atom stereocenters. The maximum absolute atomic E-state index is 6.23. The van der Waals surface area contributed by atoms with Crippen molar-refractivity contribution in [2.45, 2.75) is 12.3 Å². The van der Waals surface area contributed by atoms with Crippen molar-refractivity contribution in [3.05, 3.63) is 133 Å². The molecule has 184 valence electrons. The molecule has 9 rings (SSSR count). The SMILES string of the molecule is C1=C2Oc3ccccc3C2CC(n2c3ccccc3c3ncc4c5ccccc5n(-c5ccccc5)c4c32)=C1. The summed E-state index contributed by atoms with van der Waals surface area (Å²) in [7, 11) is 0. The first-order valence-corrected chi connectivity index (χ1v) is 13.4. The fraction of sp³-hybridized carbons (Fsp3) is 0.0571. The minimum absolute atomic E-state index is 0.213. The smallest absolute Gasteiger partial charge is 0.130 e. The molecule has 0 N–H and O–H groups in total. The van der Waals surface area contributed by atoms with Crippen molar-refractivity contribution in [2.24, 2.45) is 0 Å². The van der Waals surface area contributed by atoms with E-state index in [0.717, 1.165) is 45.4 Å². The molecule has 0 bridgehead atoms. The molecule has 39 heavy (non-hydrogen) atoms. The van der Waals surface area contributed by atoms with Crippen LogP contribution in [0.1, 0.15) is 17.9 Å². The van der Waals surface area contributed by atoms with Gasteiger partial charge in [-0.15, -0.1) is 0 Å². The number of ether oxygens (including phenoxy) is 1. The summed E-state index contributed by atoms with van der Waals surface area (Å²) in [5.41, 5.74) is 9.36. The van der Waals surface area contributed by atoms with Gasteiger partial charge in [-0.1, -0.05) is 72.8 Å². The van der Waals surface area contributed by atoms with Crippen LogP contribution in [0.4, 0.5) is 0 Å². The zero-order valence-electron chi connectivity index (χ0n) is 21.1. The number of hydrogen-bond donors (Lipinski definition) is 0. The lowest BCUT2D eigenvalue weighted by Crippen LogP contribution is -2.09. The van der Waals surface area contributed by atoms with Crippen molar-refractivity contribution in [1.29, 1.82) is 0 Å². The minimum atomic E-state index is 0.213. The highest BCUT2D eigenvalue weighted by Crippen LogP contribution is 2.48. The number of hydrogen-bond acceptors (Lipinski definition) is 2. The lowest BCUT2D eigenvalue weighted by atomic mass is 9.90. The second-order valence-corrected chi connectivity index (χ2v) is 10.4. The van der Waals surface area contributed by atoms with Gasteiger partial charge >= 0.3 is 0 Å². The van der Waals surface area contributed by atoms with Crippen LogP contribution in [0.2, 0.25) is 0 Å². The van der Waals surface area contributed by atoms with Crippen LogP contribution in [0.25, 0.3) is 55.1 Å². The molecule has 0 saturated heterocycles. The van der Waals surface area contributed by atoms with Crippen molar-refractivity contribution >= 4 is 49.4 Å². The van der Waals surface area contributed by atoms with Crippen LogP contribution in [0.3, 0.4) is 0 Å². The van der Waals surface area contributed by atoms with Gasteiger partial charge in [0.25, 0.3) is 0 Å². The Balaban J connectivity index is 1.42. The Morgan fingerprint density at radius 1 is 0.641 bits per heavy atom. The van der Waals surface area contributed by atoms with Crippen LogP contribution >= 0.6 is 0 Å². The summed E-state index contributed by atoms with van der Waals surface area (Å²) < 4.78 is 11.1. The second kappa shape index (κ2) is 7.71. The van der Waals surface area contributed by atoms with E-state index in [4.69, 9.17) is 9.72 Å². The third kappa shape index (κ3) is 2.80. The highest BCUT2D eigenvalue weighted by Gasteiger charge is 2.33. The van der Waals surface area contributed by atoms with Crippen molar-refractivity contribution < 1.29 is 4.74 Å². The Hall–Kier alpha value is -5.09. The average Bonchev–Trinajstić information content (AvgIpc) is 3.65. The van der Waals surface area contributed by atoms with Crippen LogP contribution in [-0.2, 0) is 0 Å². The van der Waals surface area contributed by atoms with Gasteiger partial charge in [0.15, 0.2) is 0 Å². The van der Waals surface area contributed by atoms with Crippen molar-refractivity contribution in [1.82, 2.24) is 14.1 Å². The van der Waals surface area contributed by atoms with Gasteiger partial charge in [-0.2, -0.15) is 0 Å². The molecule has 0 spiro atoms. The van der Waals surface area contributed by atoms with Crippen LogP contribution < -0.4 is 4.74 Å². The van der Waals surface area contributed by atoms with E-state index < -0.39 is 0 Å². The lowest BCUT2D eigenvalue weighted by molar-refractivity contribution is 0.425. The maximum Gasteiger partial charge on any atom is 0.130 e. The quantitative estimate of drug-likeness (QED) is 0.238. The Morgan fingerprint density at radius 3 is 2.23 bits per heavy atom. The molecule has 4 nitrogen and oxygen atoms in total. The molecule has 4 aromatic carbocycles. The summed E-state index contributed by atoms with van der Waals surface area (Å²) >= 11 is 0. The van der Waals surface area contributed by atoms with Gasteiger partial charge in [0, 0.05) is 45.7 Å². The molecule has 0 amide bonds. The van der Waals surface area contributed by atoms with Crippen molar-refractivity contribution in [2.75, 3.05) is 0 Å². The predicted octanol–water partition coefficient (Wildman–Crippen LogP) is 8.59. The molecule has 4 heteroatoms. The van der Waals surface area contributed by atoms with E-state index in [0.29, 0.717) is 0 Å². The maximum atomic E-state index is 6.23. The molecule has 4 heterocycles. The van der Waals surface area contributed by atoms with Gasteiger partial charge in [0.05, 0.1) is 33.5 Å². The lowest BCUT2D eigenvalue weighted by Gasteiger charge is -2.21. The van der Waals surface area contributed by atoms with Gasteiger partial charge in [-0.05, 0) is 42.5 Å². The van der Waals surface area contributed by atoms with Gasteiger partial charge < -0.3 is 13.9 Å². The highest BCUT2D eigenvalue weighted by atomic mass is 16.5. The third-order valence-corrected chi connectivity index (χ3v) is 8.33. The molecule has 2 aliphatic rings. The van der Waals surface area contributed by atoms with E-state index in [2.05, 4.69) is 125 Å². The molecular formula is C35H23N3O. The summed E-state index contributed by atoms with van der Waals surface area (Å²) in [5.74, 6) is 2.21. The average molecular weight is 502 g/mol. The van der Waals surface area contributed by atoms with E-state index in [-0.39, 0.29) is 5.92 Å². The first-order valence-electron chi connectivity index (χ1n) is 13.4. The Labute approximate surface area is 224 Å². The van der Waals surface area contributed by atoms with Crippen molar-refractivity contribution in [3.63, 3.8) is 0 Å². The van der Waals surface area contributed by atoms with Crippen LogP contribution in [0, 0.1) is 0 Å². The molecule has 1 aliphatic heterocycles. The Bertz CT molecular complexity index is 2180. The number of fused-ring (bicyclic) bond motifs is 10. The summed E-state index contributed by atoms with van der Waals surface area (Å²) in [6, 6.07) is 36.4. The van der Waals surface area contributed by atoms with E-state index >= 15 is 0 Å². The van der Waals surface area contributed by atoms with E-state index in [1.807, 2.05) is 6.07 Å². The van der Waals surface area contributed by atoms with Crippen molar-refractivity contribution in [3.8, 4) is 11.4 Å². The summed E-state index contributed by atoms with van der Waals surface area (Å²) in [6.45, 7) is 0. The monoisotopic (exact) mass is 501 g/mol. The first-order chi connectivity index (χ1) is 19.4. The highest BCUT2D eigenvalue weighted by molar-refractivity contribution is 6.22. The number of pyridine rings is 1. The molecular weight excluding hydrogens is 478 g/mol. The summed E-state index contributed by atoms with van der Waals surface area (Å²) in [4.78, 5) is 5.11. The van der Waals surface area contributed by atoms with Crippen LogP contribution in [0.15, 0.2) is 127 Å². The van der Waals surface area contributed by atoms with Gasteiger partial charge in [0.1, 0.15) is 11.5 Å². The Kier molecular flexibility index (Phi) is 4.14. The number of para-hydroxylation sites is 4. The van der Waals surface area contributed by atoms with Crippen LogP contribution in [-0.4, -0.2) is 14.1 Å². The fourth-order valence-electron chi connectivity index (χ4n) is 6.67. The topological polar surface area (TPSA) is 32.0 Å². The second-order valence-electron chi connectivity index (χ2n) is 10.4. The fourth-order valence-corrected chi connectivity index (χ4v) is 6.67. The molecule has 7 aromatic rings. The largest absolute Gasteiger partial charge is 0.461 e. The molecule has 1 aliphatic carbocycles. The molecule has 0 fully saturated rings. The van der Waals surface area contributed by atoms with Gasteiger partial charge in [-0.3, -0.25) is 4.98 Å². The normalized spacial score (nSPS) is 16.4. The van der Waals surface area contributed by atoms with E-state index in [9.17, 15) is 0 Å². The van der Waals surface area contributed by atoms with Crippen LogP contribution in [0.5, 0.6) is 5.75 Å². The molecule has 1 unspecified atom stereocenters. The third-order valence-electron chi connectivity index (χ3n) is 8.33. The molecule has 3 aromatic heterocycles. The van der Waals surface area contributed by atoms with E-state index in [1.165, 1.54) is 33.2 Å². The number of benzene rings is 4. The standard InChI is InChI=1S/C35H23N3O/c1-2-10-22(11-3-1)37-29-15-7-4-12-24(29)28-21-36-33-26-14-5-8-16-30(26)38(35(33)34(28)37)23-18-19-32-27(20-23)25-13-6-9-17-31(25)39-32/h1-19,21,27H,20H2. The number of allylic oxidation sites excluding steroid dienone is 4. The zero-order valence-corrected chi connectivity index (χ0v) is 21.1. The summed E-state index contributed by atoms with van der Waals surface area (Å²) in [6.07, 6.45) is 7.31. The van der Waals surface area contributed by atoms with Gasteiger partial charge in [-0.25, -0.2) is 0 Å². The predicted molar refractivity (Wildman–Crippen MR) is 158 cm³/mol.